The van der Waals surface area contributed by atoms with Crippen molar-refractivity contribution in [1.82, 2.24) is 9.29 Å². The molecule has 1 aliphatic rings. The first-order valence-electron chi connectivity index (χ1n) is 8.53. The van der Waals surface area contributed by atoms with E-state index in [4.69, 9.17) is 4.74 Å². The number of hydrogen-bond donors (Lipinski definition) is 0. The van der Waals surface area contributed by atoms with Gasteiger partial charge in [-0.05, 0) is 44.4 Å². The average Bonchev–Trinajstić information content (AvgIpc) is 2.62. The lowest BCUT2D eigenvalue weighted by Gasteiger charge is -2.35. The number of hydrogen-bond acceptors (Lipinski definition) is 4. The monoisotopic (exact) mass is 360 g/mol. The Labute approximate surface area is 149 Å². The summed E-state index contributed by atoms with van der Waals surface area (Å²) in [6.45, 7) is 4.39. The second kappa shape index (κ2) is 7.14. The Bertz CT molecular complexity index is 847. The predicted molar refractivity (Wildman–Crippen MR) is 97.2 cm³/mol. The largest absolute Gasteiger partial charge is 0.481 e. The van der Waals surface area contributed by atoms with Crippen LogP contribution in [0.25, 0.3) is 0 Å². The minimum absolute atomic E-state index is 0.182. The van der Waals surface area contributed by atoms with E-state index in [1.54, 1.807) is 29.6 Å². The lowest BCUT2D eigenvalue weighted by Crippen LogP contribution is -2.38. The Balaban J connectivity index is 2.00. The third kappa shape index (κ3) is 3.55. The summed E-state index contributed by atoms with van der Waals surface area (Å²) in [5, 5.41) is 0. The predicted octanol–water partition coefficient (Wildman–Crippen LogP) is 3.62. The summed E-state index contributed by atoms with van der Waals surface area (Å²) in [6, 6.07) is 10.6. The number of ether oxygens (including phenoxy) is 1. The molecule has 0 saturated carbocycles. The number of pyridine rings is 1. The maximum absolute atomic E-state index is 13.2. The molecule has 1 fully saturated rings. The molecular formula is C19H24N2O3S. The fourth-order valence-electron chi connectivity index (χ4n) is 3.36. The van der Waals surface area contributed by atoms with Gasteiger partial charge in [-0.15, -0.1) is 0 Å². The molecule has 0 radical (unpaired) electrons. The van der Waals surface area contributed by atoms with Gasteiger partial charge in [0.1, 0.15) is 0 Å². The van der Waals surface area contributed by atoms with Gasteiger partial charge in [-0.3, -0.25) is 0 Å². The zero-order valence-electron chi connectivity index (χ0n) is 14.9. The summed E-state index contributed by atoms with van der Waals surface area (Å²) < 4.78 is 33.2. The van der Waals surface area contributed by atoms with Crippen molar-refractivity contribution in [3.05, 3.63) is 53.2 Å². The number of aromatic nitrogens is 1. The maximum atomic E-state index is 13.2. The minimum atomic E-state index is -3.53. The summed E-state index contributed by atoms with van der Waals surface area (Å²) >= 11 is 0. The van der Waals surface area contributed by atoms with Crippen LogP contribution >= 0.6 is 0 Å². The first-order chi connectivity index (χ1) is 11.9. The third-order valence-electron chi connectivity index (χ3n) is 4.75. The van der Waals surface area contributed by atoms with Crippen molar-refractivity contribution in [3.8, 4) is 5.88 Å². The summed E-state index contributed by atoms with van der Waals surface area (Å²) in [6.07, 6.45) is 2.69. The second-order valence-corrected chi connectivity index (χ2v) is 8.36. The van der Waals surface area contributed by atoms with Gasteiger partial charge in [0.2, 0.25) is 15.9 Å². The van der Waals surface area contributed by atoms with Gasteiger partial charge in [0.25, 0.3) is 0 Å². The van der Waals surface area contributed by atoms with Gasteiger partial charge in [-0.1, -0.05) is 30.2 Å². The van der Waals surface area contributed by atoms with Crippen LogP contribution in [0.1, 0.15) is 42.1 Å². The van der Waals surface area contributed by atoms with Crippen LogP contribution in [0.15, 0.2) is 41.3 Å². The van der Waals surface area contributed by atoms with Gasteiger partial charge in [0.05, 0.1) is 18.0 Å². The van der Waals surface area contributed by atoms with Gasteiger partial charge in [-0.25, -0.2) is 13.4 Å². The fourth-order valence-corrected chi connectivity index (χ4v) is 5.04. The molecule has 2 heterocycles. The van der Waals surface area contributed by atoms with Gasteiger partial charge >= 0.3 is 0 Å². The normalized spacial score (nSPS) is 18.9. The number of aryl methyl sites for hydroxylation is 2. The van der Waals surface area contributed by atoms with E-state index in [0.717, 1.165) is 36.1 Å². The number of methoxy groups -OCH3 is 1. The molecule has 0 N–H and O–H groups in total. The van der Waals surface area contributed by atoms with E-state index in [1.165, 1.54) is 0 Å². The lowest BCUT2D eigenvalue weighted by molar-refractivity contribution is 0.254. The Morgan fingerprint density at radius 3 is 2.44 bits per heavy atom. The zero-order chi connectivity index (χ0) is 18.0. The van der Waals surface area contributed by atoms with Crippen molar-refractivity contribution < 1.29 is 13.2 Å². The fraction of sp³-hybridized carbons (Fsp3) is 0.421. The van der Waals surface area contributed by atoms with Crippen LogP contribution in [0, 0.1) is 13.8 Å². The van der Waals surface area contributed by atoms with E-state index in [2.05, 4.69) is 4.98 Å². The molecule has 1 unspecified atom stereocenters. The molecule has 134 valence electrons. The number of rotatable bonds is 4. The zero-order valence-corrected chi connectivity index (χ0v) is 15.7. The van der Waals surface area contributed by atoms with E-state index in [1.807, 2.05) is 32.0 Å². The van der Waals surface area contributed by atoms with E-state index >= 15 is 0 Å². The molecule has 25 heavy (non-hydrogen) atoms. The first kappa shape index (κ1) is 17.9. The van der Waals surface area contributed by atoms with Crippen molar-refractivity contribution in [2.75, 3.05) is 13.7 Å². The van der Waals surface area contributed by atoms with Crippen LogP contribution in [0.5, 0.6) is 5.88 Å². The molecule has 0 bridgehead atoms. The van der Waals surface area contributed by atoms with Crippen LogP contribution < -0.4 is 4.74 Å². The highest BCUT2D eigenvalue weighted by Gasteiger charge is 2.35. The molecule has 0 aliphatic carbocycles. The third-order valence-corrected chi connectivity index (χ3v) is 6.67. The molecule has 2 aromatic rings. The van der Waals surface area contributed by atoms with Gasteiger partial charge in [0.15, 0.2) is 0 Å². The molecule has 1 aliphatic heterocycles. The number of benzene rings is 1. The quantitative estimate of drug-likeness (QED) is 0.835. The lowest BCUT2D eigenvalue weighted by atomic mass is 9.96. The highest BCUT2D eigenvalue weighted by Crippen LogP contribution is 2.36. The van der Waals surface area contributed by atoms with Crippen LogP contribution in [0.2, 0.25) is 0 Å². The summed E-state index contributed by atoms with van der Waals surface area (Å²) in [5.74, 6) is 0.546. The van der Waals surface area contributed by atoms with E-state index < -0.39 is 10.0 Å². The van der Waals surface area contributed by atoms with E-state index in [-0.39, 0.29) is 6.04 Å². The van der Waals surface area contributed by atoms with Crippen molar-refractivity contribution >= 4 is 10.0 Å². The van der Waals surface area contributed by atoms with Gasteiger partial charge in [-0.2, -0.15) is 4.31 Å². The Hall–Kier alpha value is -1.92. The van der Waals surface area contributed by atoms with E-state index in [9.17, 15) is 8.42 Å². The topological polar surface area (TPSA) is 59.5 Å². The van der Waals surface area contributed by atoms with Crippen molar-refractivity contribution in [1.29, 1.82) is 0 Å². The number of piperidine rings is 1. The van der Waals surface area contributed by atoms with Crippen LogP contribution in [-0.4, -0.2) is 31.4 Å². The molecule has 1 aromatic carbocycles. The van der Waals surface area contributed by atoms with Crippen molar-refractivity contribution in [2.45, 2.75) is 44.0 Å². The van der Waals surface area contributed by atoms with Crippen molar-refractivity contribution in [2.24, 2.45) is 0 Å². The molecule has 1 aromatic heterocycles. The Morgan fingerprint density at radius 1 is 1.08 bits per heavy atom. The van der Waals surface area contributed by atoms with Gasteiger partial charge < -0.3 is 4.74 Å². The average molecular weight is 360 g/mol. The summed E-state index contributed by atoms with van der Waals surface area (Å²) in [5.41, 5.74) is 2.82. The van der Waals surface area contributed by atoms with E-state index in [0.29, 0.717) is 17.3 Å². The minimum Gasteiger partial charge on any atom is -0.481 e. The maximum Gasteiger partial charge on any atom is 0.243 e. The molecule has 0 amide bonds. The Kier molecular flexibility index (Phi) is 5.11. The molecule has 3 rings (SSSR count). The van der Waals surface area contributed by atoms with Crippen LogP contribution in [0.4, 0.5) is 0 Å². The molecular weight excluding hydrogens is 336 g/mol. The summed E-state index contributed by atoms with van der Waals surface area (Å²) in [4.78, 5) is 4.77. The SMILES string of the molecule is COc1ccc(C2CCCCN2S(=O)(=O)c2ccc(C)cc2)c(C)n1. The molecule has 1 atom stereocenters. The highest BCUT2D eigenvalue weighted by molar-refractivity contribution is 7.89. The standard InChI is InChI=1S/C19H24N2O3S/c1-14-7-9-16(10-8-14)25(22,23)21-13-5-4-6-18(21)17-11-12-19(24-3)20-15(17)2/h7-12,18H,4-6,13H2,1-3H3. The van der Waals surface area contributed by atoms with Gasteiger partial charge in [0, 0.05) is 18.3 Å². The number of nitrogens with zero attached hydrogens (tertiary/aromatic N) is 2. The number of sulfonamides is 1. The molecule has 0 spiro atoms. The molecule has 1 saturated heterocycles. The summed E-state index contributed by atoms with van der Waals surface area (Å²) in [7, 11) is -1.95. The molecule has 5 nitrogen and oxygen atoms in total. The highest BCUT2D eigenvalue weighted by atomic mass is 32.2. The first-order valence-corrected chi connectivity index (χ1v) is 9.97. The van der Waals surface area contributed by atoms with Crippen LogP contribution in [-0.2, 0) is 10.0 Å². The Morgan fingerprint density at radius 2 is 1.80 bits per heavy atom. The molecule has 6 heteroatoms. The second-order valence-electron chi connectivity index (χ2n) is 6.47. The van der Waals surface area contributed by atoms with Crippen molar-refractivity contribution in [3.63, 3.8) is 0 Å². The van der Waals surface area contributed by atoms with Crippen LogP contribution in [0.3, 0.4) is 0 Å². The smallest absolute Gasteiger partial charge is 0.243 e.